The van der Waals surface area contributed by atoms with E-state index < -0.39 is 0 Å². The first-order chi connectivity index (χ1) is 12.3. The number of hydrogen-bond acceptors (Lipinski definition) is 4. The van der Waals surface area contributed by atoms with E-state index >= 15 is 0 Å². The zero-order valence-electron chi connectivity index (χ0n) is 14.1. The zero-order valence-corrected chi connectivity index (χ0v) is 14.1. The third kappa shape index (κ3) is 2.29. The molecule has 0 spiro atoms. The van der Waals surface area contributed by atoms with Crippen LogP contribution in [0.5, 0.6) is 5.75 Å². The van der Waals surface area contributed by atoms with E-state index in [2.05, 4.69) is 40.6 Å². The molecule has 25 heavy (non-hydrogen) atoms. The molecule has 0 aliphatic carbocycles. The molecule has 0 radical (unpaired) electrons. The van der Waals surface area contributed by atoms with Crippen LogP contribution in [-0.2, 0) is 4.74 Å². The number of aromatic nitrogens is 1. The Bertz CT molecular complexity index is 923. The molecule has 2 aliphatic heterocycles. The van der Waals surface area contributed by atoms with E-state index in [9.17, 15) is 0 Å². The number of benzene rings is 2. The molecule has 4 heteroatoms. The standard InChI is InChI=1S/C21H20N2O2/c1-24-14-6-4-13(5-7-14)20-16-10-12-25-21(16)19-15-3-2-11-22-17(15)8-9-18(19)23-20/h2-9,11,16,20-21,23H,10,12H2,1H3/t16-,20-,21-/m1/s1. The monoisotopic (exact) mass is 332 g/mol. The quantitative estimate of drug-likeness (QED) is 0.751. The van der Waals surface area contributed by atoms with Crippen LogP contribution in [-0.4, -0.2) is 18.7 Å². The molecule has 4 nitrogen and oxygen atoms in total. The minimum atomic E-state index is 0.122. The second-order valence-corrected chi connectivity index (χ2v) is 6.74. The van der Waals surface area contributed by atoms with Gasteiger partial charge in [0.25, 0.3) is 0 Å². The molecule has 2 aliphatic rings. The van der Waals surface area contributed by atoms with Gasteiger partial charge in [0.1, 0.15) is 5.75 Å². The summed E-state index contributed by atoms with van der Waals surface area (Å²) in [6.07, 6.45) is 3.03. The van der Waals surface area contributed by atoms with Gasteiger partial charge in [-0.3, -0.25) is 4.98 Å². The van der Waals surface area contributed by atoms with Crippen molar-refractivity contribution in [3.05, 3.63) is 65.9 Å². The fourth-order valence-electron chi connectivity index (χ4n) is 4.27. The number of rotatable bonds is 2. The van der Waals surface area contributed by atoms with Crippen LogP contribution in [0.15, 0.2) is 54.7 Å². The van der Waals surface area contributed by atoms with E-state index in [1.807, 2.05) is 24.4 Å². The van der Waals surface area contributed by atoms with E-state index in [1.54, 1.807) is 7.11 Å². The third-order valence-electron chi connectivity index (χ3n) is 5.46. The highest BCUT2D eigenvalue weighted by Gasteiger charge is 2.42. The summed E-state index contributed by atoms with van der Waals surface area (Å²) in [5.74, 6) is 1.31. The molecule has 1 N–H and O–H groups in total. The Morgan fingerprint density at radius 1 is 1.12 bits per heavy atom. The summed E-state index contributed by atoms with van der Waals surface area (Å²) < 4.78 is 11.5. The summed E-state index contributed by atoms with van der Waals surface area (Å²) in [5, 5.41) is 4.96. The normalized spacial score (nSPS) is 24.4. The smallest absolute Gasteiger partial charge is 0.118 e. The lowest BCUT2D eigenvalue weighted by atomic mass is 9.80. The van der Waals surface area contributed by atoms with Crippen molar-refractivity contribution in [2.24, 2.45) is 5.92 Å². The van der Waals surface area contributed by atoms with Crippen LogP contribution in [0.3, 0.4) is 0 Å². The minimum Gasteiger partial charge on any atom is -0.497 e. The van der Waals surface area contributed by atoms with Crippen molar-refractivity contribution in [1.82, 2.24) is 4.98 Å². The molecular weight excluding hydrogens is 312 g/mol. The van der Waals surface area contributed by atoms with Gasteiger partial charge in [-0.05, 0) is 42.3 Å². The Hall–Kier alpha value is -2.59. The Morgan fingerprint density at radius 3 is 2.84 bits per heavy atom. The highest BCUT2D eigenvalue weighted by atomic mass is 16.5. The maximum atomic E-state index is 6.20. The van der Waals surface area contributed by atoms with Gasteiger partial charge in [-0.1, -0.05) is 18.2 Å². The van der Waals surface area contributed by atoms with Crippen molar-refractivity contribution in [1.29, 1.82) is 0 Å². The molecule has 3 aromatic rings. The van der Waals surface area contributed by atoms with Crippen molar-refractivity contribution < 1.29 is 9.47 Å². The van der Waals surface area contributed by atoms with Gasteiger partial charge in [-0.15, -0.1) is 0 Å². The summed E-state index contributed by atoms with van der Waals surface area (Å²) >= 11 is 0. The molecule has 0 bridgehead atoms. The molecule has 3 atom stereocenters. The van der Waals surface area contributed by atoms with Crippen molar-refractivity contribution >= 4 is 16.6 Å². The number of nitrogens with zero attached hydrogens (tertiary/aromatic N) is 1. The van der Waals surface area contributed by atoms with Crippen LogP contribution in [0.4, 0.5) is 5.69 Å². The van der Waals surface area contributed by atoms with Crippen LogP contribution >= 0.6 is 0 Å². The lowest BCUT2D eigenvalue weighted by Gasteiger charge is -2.37. The first-order valence-corrected chi connectivity index (χ1v) is 8.75. The maximum Gasteiger partial charge on any atom is 0.118 e. The van der Waals surface area contributed by atoms with Gasteiger partial charge >= 0.3 is 0 Å². The Morgan fingerprint density at radius 2 is 2.00 bits per heavy atom. The highest BCUT2D eigenvalue weighted by Crippen LogP contribution is 2.51. The van der Waals surface area contributed by atoms with Crippen LogP contribution in [0.25, 0.3) is 10.9 Å². The fourth-order valence-corrected chi connectivity index (χ4v) is 4.27. The predicted octanol–water partition coefficient (Wildman–Crippen LogP) is 4.49. The Labute approximate surface area is 146 Å². The topological polar surface area (TPSA) is 43.4 Å². The number of pyridine rings is 1. The van der Waals surface area contributed by atoms with E-state index in [-0.39, 0.29) is 12.1 Å². The lowest BCUT2D eigenvalue weighted by Crippen LogP contribution is -2.29. The van der Waals surface area contributed by atoms with Gasteiger partial charge in [0.05, 0.1) is 24.8 Å². The van der Waals surface area contributed by atoms with Gasteiger partial charge in [0.15, 0.2) is 0 Å². The van der Waals surface area contributed by atoms with E-state index in [1.165, 1.54) is 16.5 Å². The average Bonchev–Trinajstić information content (AvgIpc) is 3.17. The lowest BCUT2D eigenvalue weighted by molar-refractivity contribution is 0.0841. The summed E-state index contributed by atoms with van der Waals surface area (Å²) in [5.41, 5.74) is 4.72. The number of hydrogen-bond donors (Lipinski definition) is 1. The average molecular weight is 332 g/mol. The summed E-state index contributed by atoms with van der Waals surface area (Å²) in [6, 6.07) is 17.0. The van der Waals surface area contributed by atoms with Gasteiger partial charge in [0, 0.05) is 35.4 Å². The van der Waals surface area contributed by atoms with Crippen LogP contribution in [0.2, 0.25) is 0 Å². The molecule has 3 heterocycles. The van der Waals surface area contributed by atoms with Crippen LogP contribution < -0.4 is 10.1 Å². The Balaban J connectivity index is 1.62. The van der Waals surface area contributed by atoms with Crippen molar-refractivity contribution in [3.8, 4) is 5.75 Å². The largest absolute Gasteiger partial charge is 0.497 e. The number of methoxy groups -OCH3 is 1. The Kier molecular flexibility index (Phi) is 3.38. The number of nitrogens with one attached hydrogen (secondary N) is 1. The van der Waals surface area contributed by atoms with E-state index in [0.717, 1.165) is 30.0 Å². The number of anilines is 1. The number of fused-ring (bicyclic) bond motifs is 5. The third-order valence-corrected chi connectivity index (χ3v) is 5.46. The molecule has 2 aromatic carbocycles. The van der Waals surface area contributed by atoms with Crippen molar-refractivity contribution in [2.45, 2.75) is 18.6 Å². The van der Waals surface area contributed by atoms with Crippen molar-refractivity contribution in [2.75, 3.05) is 19.0 Å². The molecule has 126 valence electrons. The molecule has 0 saturated carbocycles. The summed E-state index contributed by atoms with van der Waals surface area (Å²) in [4.78, 5) is 4.50. The molecule has 0 unspecified atom stereocenters. The van der Waals surface area contributed by atoms with Gasteiger partial charge in [0.2, 0.25) is 0 Å². The minimum absolute atomic E-state index is 0.122. The first-order valence-electron chi connectivity index (χ1n) is 8.75. The second kappa shape index (κ2) is 5.74. The molecule has 0 amide bonds. The molecule has 1 aromatic heterocycles. The van der Waals surface area contributed by atoms with Gasteiger partial charge < -0.3 is 14.8 Å². The molecular formula is C21H20N2O2. The van der Waals surface area contributed by atoms with Crippen molar-refractivity contribution in [3.63, 3.8) is 0 Å². The first kappa shape index (κ1) is 14.7. The molecule has 5 rings (SSSR count). The van der Waals surface area contributed by atoms with Crippen LogP contribution in [0.1, 0.15) is 29.7 Å². The fraction of sp³-hybridized carbons (Fsp3) is 0.286. The number of ether oxygens (including phenoxy) is 2. The van der Waals surface area contributed by atoms with E-state index in [4.69, 9.17) is 9.47 Å². The van der Waals surface area contributed by atoms with E-state index in [0.29, 0.717) is 5.92 Å². The maximum absolute atomic E-state index is 6.20. The molecule has 1 fully saturated rings. The van der Waals surface area contributed by atoms with Crippen LogP contribution in [0, 0.1) is 5.92 Å². The highest BCUT2D eigenvalue weighted by molar-refractivity contribution is 5.88. The molecule has 1 saturated heterocycles. The predicted molar refractivity (Wildman–Crippen MR) is 97.9 cm³/mol. The zero-order chi connectivity index (χ0) is 16.8. The summed E-state index contributed by atoms with van der Waals surface area (Å²) in [6.45, 7) is 0.805. The SMILES string of the molecule is COc1ccc([C@H]2Nc3ccc4ncccc4c3[C@@H]3OCC[C@H]23)cc1. The summed E-state index contributed by atoms with van der Waals surface area (Å²) in [7, 11) is 1.70. The second-order valence-electron chi connectivity index (χ2n) is 6.74. The van der Waals surface area contributed by atoms with Gasteiger partial charge in [-0.2, -0.15) is 0 Å². The van der Waals surface area contributed by atoms with Gasteiger partial charge in [-0.25, -0.2) is 0 Å².